The number of carbonyl (C=O) groups is 1. The van der Waals surface area contributed by atoms with Crippen molar-refractivity contribution in [1.82, 2.24) is 9.88 Å². The summed E-state index contributed by atoms with van der Waals surface area (Å²) in [6, 6.07) is 11.0. The van der Waals surface area contributed by atoms with Crippen LogP contribution in [-0.2, 0) is 0 Å². The Morgan fingerprint density at radius 3 is 2.76 bits per heavy atom. The number of carbonyl (C=O) groups excluding carboxylic acids is 1. The Labute approximate surface area is 170 Å². The minimum absolute atomic E-state index is 0.0346. The van der Waals surface area contributed by atoms with Crippen molar-refractivity contribution in [1.29, 1.82) is 5.26 Å². The van der Waals surface area contributed by atoms with E-state index in [1.165, 1.54) is 5.12 Å². The molecular formula is C21H23N7O. The molecule has 2 atom stereocenters. The summed E-state index contributed by atoms with van der Waals surface area (Å²) in [5.41, 5.74) is 2.41. The van der Waals surface area contributed by atoms with E-state index in [0.29, 0.717) is 29.2 Å². The first kappa shape index (κ1) is 20.0. The molecule has 8 heteroatoms. The van der Waals surface area contributed by atoms with Gasteiger partial charge in [0.25, 0.3) is 5.91 Å². The van der Waals surface area contributed by atoms with Crippen molar-refractivity contribution in [3.05, 3.63) is 53.2 Å². The van der Waals surface area contributed by atoms with Gasteiger partial charge in [-0.1, -0.05) is 12.1 Å². The van der Waals surface area contributed by atoms with Crippen molar-refractivity contribution in [2.75, 3.05) is 17.0 Å². The maximum Gasteiger partial charge on any atom is 0.256 e. The van der Waals surface area contributed by atoms with Crippen LogP contribution in [0.25, 0.3) is 0 Å². The fourth-order valence-corrected chi connectivity index (χ4v) is 3.59. The SMILES string of the molecule is C=NN(N=C)c1ccccc1C(=O)N1CC(Nc2nccc(C#N)c2C)C[C@H]1C. The summed E-state index contributed by atoms with van der Waals surface area (Å²) in [6.45, 7) is 11.4. The van der Waals surface area contributed by atoms with Gasteiger partial charge in [-0.25, -0.2) is 4.98 Å². The van der Waals surface area contributed by atoms with E-state index in [-0.39, 0.29) is 18.0 Å². The van der Waals surface area contributed by atoms with Gasteiger partial charge in [-0.05, 0) is 38.5 Å². The zero-order valence-electron chi connectivity index (χ0n) is 16.5. The number of amides is 1. The van der Waals surface area contributed by atoms with E-state index in [4.69, 9.17) is 0 Å². The monoisotopic (exact) mass is 389 g/mol. The van der Waals surface area contributed by atoms with Crippen LogP contribution < -0.4 is 10.4 Å². The molecule has 1 unspecified atom stereocenters. The lowest BCUT2D eigenvalue weighted by Crippen LogP contribution is -2.36. The smallest absolute Gasteiger partial charge is 0.256 e. The number of hydrogen-bond acceptors (Lipinski definition) is 7. The number of nitrogens with one attached hydrogen (secondary N) is 1. The predicted octanol–water partition coefficient (Wildman–Crippen LogP) is 3.01. The topological polar surface area (TPSA) is 97.0 Å². The molecule has 0 radical (unpaired) electrons. The number of para-hydroxylation sites is 1. The van der Waals surface area contributed by atoms with Crippen LogP contribution in [0.2, 0.25) is 0 Å². The maximum absolute atomic E-state index is 13.3. The highest BCUT2D eigenvalue weighted by molar-refractivity contribution is 6.00. The minimum atomic E-state index is -0.106. The molecule has 0 saturated carbocycles. The van der Waals surface area contributed by atoms with E-state index in [2.05, 4.69) is 40.0 Å². The largest absolute Gasteiger partial charge is 0.365 e. The maximum atomic E-state index is 13.3. The van der Waals surface area contributed by atoms with Crippen LogP contribution in [0.5, 0.6) is 0 Å². The lowest BCUT2D eigenvalue weighted by molar-refractivity contribution is 0.0747. The number of nitrogens with zero attached hydrogens (tertiary/aromatic N) is 6. The average Bonchev–Trinajstić information content (AvgIpc) is 3.10. The van der Waals surface area contributed by atoms with Crippen LogP contribution in [0.4, 0.5) is 11.5 Å². The Morgan fingerprint density at radius 1 is 1.34 bits per heavy atom. The number of nitriles is 1. The Bertz CT molecular complexity index is 973. The standard InChI is InChI=1S/C21H23N7O/c1-14-11-17(26-20-15(2)16(12-22)9-10-25-20)13-27(14)21(29)18-7-5-6-8-19(18)28(23-3)24-4/h5-10,14,17H,3-4,11,13H2,1-2H3,(H,25,26)/t14-,17?/m1/s1. The van der Waals surface area contributed by atoms with Gasteiger partial charge in [0.05, 0.1) is 22.9 Å². The molecule has 2 aromatic rings. The molecule has 0 bridgehead atoms. The molecular weight excluding hydrogens is 366 g/mol. The zero-order valence-corrected chi connectivity index (χ0v) is 16.5. The molecule has 1 saturated heterocycles. The van der Waals surface area contributed by atoms with Crippen molar-refractivity contribution >= 4 is 30.8 Å². The first-order chi connectivity index (χ1) is 14.0. The van der Waals surface area contributed by atoms with E-state index in [9.17, 15) is 10.1 Å². The summed E-state index contributed by atoms with van der Waals surface area (Å²) >= 11 is 0. The van der Waals surface area contributed by atoms with Crippen LogP contribution in [0, 0.1) is 18.3 Å². The Morgan fingerprint density at radius 2 is 2.07 bits per heavy atom. The van der Waals surface area contributed by atoms with Crippen LogP contribution >= 0.6 is 0 Å². The molecule has 1 fully saturated rings. The quantitative estimate of drug-likeness (QED) is 0.605. The van der Waals surface area contributed by atoms with Gasteiger partial charge >= 0.3 is 0 Å². The third-order valence-corrected chi connectivity index (χ3v) is 5.12. The number of aromatic nitrogens is 1. The van der Waals surface area contributed by atoms with E-state index < -0.39 is 0 Å². The van der Waals surface area contributed by atoms with Gasteiger partial charge < -0.3 is 10.2 Å². The van der Waals surface area contributed by atoms with Gasteiger partial charge in [0, 0.05) is 43.8 Å². The molecule has 1 aromatic heterocycles. The fourth-order valence-electron chi connectivity index (χ4n) is 3.59. The van der Waals surface area contributed by atoms with Gasteiger partial charge in [0.2, 0.25) is 0 Å². The second kappa shape index (κ2) is 8.52. The Hall–Kier alpha value is -3.73. The van der Waals surface area contributed by atoms with Crippen LogP contribution in [0.1, 0.15) is 34.8 Å². The number of hydrogen-bond donors (Lipinski definition) is 1. The Kier molecular flexibility index (Phi) is 5.88. The molecule has 0 spiro atoms. The first-order valence-electron chi connectivity index (χ1n) is 9.25. The van der Waals surface area contributed by atoms with Gasteiger partial charge in [-0.2, -0.15) is 20.6 Å². The third-order valence-electron chi connectivity index (χ3n) is 5.12. The highest BCUT2D eigenvalue weighted by Crippen LogP contribution is 2.28. The fraction of sp³-hybridized carbons (Fsp3) is 0.286. The molecule has 1 aliphatic rings. The molecule has 29 heavy (non-hydrogen) atoms. The van der Waals surface area contributed by atoms with E-state index in [1.807, 2.05) is 24.8 Å². The highest BCUT2D eigenvalue weighted by atomic mass is 16.2. The Balaban J connectivity index is 1.80. The highest BCUT2D eigenvalue weighted by Gasteiger charge is 2.34. The van der Waals surface area contributed by atoms with Gasteiger partial charge in [-0.3, -0.25) is 4.79 Å². The third kappa shape index (κ3) is 3.94. The van der Waals surface area contributed by atoms with Crippen LogP contribution in [0.3, 0.4) is 0 Å². The summed E-state index contributed by atoms with van der Waals surface area (Å²) < 4.78 is 0. The summed E-state index contributed by atoms with van der Waals surface area (Å²) in [7, 11) is 0. The molecule has 1 aliphatic heterocycles. The van der Waals surface area contributed by atoms with Gasteiger partial charge in [0.15, 0.2) is 0 Å². The minimum Gasteiger partial charge on any atom is -0.365 e. The van der Waals surface area contributed by atoms with E-state index >= 15 is 0 Å². The van der Waals surface area contributed by atoms with Gasteiger partial charge in [-0.15, -0.1) is 0 Å². The molecule has 1 N–H and O–H groups in total. The van der Waals surface area contributed by atoms with Crippen molar-refractivity contribution in [2.24, 2.45) is 10.2 Å². The van der Waals surface area contributed by atoms with Gasteiger partial charge in [0.1, 0.15) is 5.82 Å². The van der Waals surface area contributed by atoms with Crippen molar-refractivity contribution in [2.45, 2.75) is 32.4 Å². The predicted molar refractivity (Wildman–Crippen MR) is 114 cm³/mol. The normalized spacial score (nSPS) is 18.0. The molecule has 1 amide bonds. The number of pyridine rings is 1. The molecule has 1 aromatic carbocycles. The second-order valence-electron chi connectivity index (χ2n) is 6.92. The summed E-state index contributed by atoms with van der Waals surface area (Å²) in [6.07, 6.45) is 2.39. The van der Waals surface area contributed by atoms with Crippen molar-refractivity contribution in [3.8, 4) is 6.07 Å². The van der Waals surface area contributed by atoms with Crippen molar-refractivity contribution in [3.63, 3.8) is 0 Å². The lowest BCUT2D eigenvalue weighted by Gasteiger charge is -2.24. The first-order valence-corrected chi connectivity index (χ1v) is 9.25. The van der Waals surface area contributed by atoms with Crippen LogP contribution in [-0.4, -0.2) is 47.9 Å². The summed E-state index contributed by atoms with van der Waals surface area (Å²) in [4.78, 5) is 19.4. The molecule has 2 heterocycles. The summed E-state index contributed by atoms with van der Waals surface area (Å²) in [5.74, 6) is 0.569. The molecule has 148 valence electrons. The summed E-state index contributed by atoms with van der Waals surface area (Å²) in [5, 5.41) is 21.4. The molecule has 0 aliphatic carbocycles. The lowest BCUT2D eigenvalue weighted by atomic mass is 10.1. The molecule has 8 nitrogen and oxygen atoms in total. The van der Waals surface area contributed by atoms with Crippen LogP contribution in [0.15, 0.2) is 46.7 Å². The van der Waals surface area contributed by atoms with Crippen molar-refractivity contribution < 1.29 is 4.79 Å². The van der Waals surface area contributed by atoms with E-state index in [1.54, 1.807) is 30.5 Å². The number of anilines is 2. The second-order valence-corrected chi connectivity index (χ2v) is 6.92. The number of rotatable bonds is 6. The number of likely N-dealkylation sites (tertiary alicyclic amines) is 1. The number of hydrazone groups is 2. The zero-order chi connectivity index (χ0) is 21.0. The number of benzene rings is 1. The molecule has 3 rings (SSSR count). The van der Waals surface area contributed by atoms with E-state index in [0.717, 1.165) is 12.0 Å². The average molecular weight is 389 g/mol.